The molecule has 0 bridgehead atoms. The summed E-state index contributed by atoms with van der Waals surface area (Å²) >= 11 is 0. The monoisotopic (exact) mass is 480 g/mol. The summed E-state index contributed by atoms with van der Waals surface area (Å²) in [5, 5.41) is 9.03. The Labute approximate surface area is 203 Å². The second-order valence-electron chi connectivity index (χ2n) is 10.8. The lowest BCUT2D eigenvalue weighted by Gasteiger charge is -2.28. The summed E-state index contributed by atoms with van der Waals surface area (Å²) in [6.45, 7) is 14.8. The molecule has 4 aromatic carbocycles. The van der Waals surface area contributed by atoms with Gasteiger partial charge in [-0.25, -0.2) is 0 Å². The van der Waals surface area contributed by atoms with E-state index in [-0.39, 0.29) is 0 Å². The zero-order chi connectivity index (χ0) is 23.7. The van der Waals surface area contributed by atoms with Crippen LogP contribution in [-0.2, 0) is 0 Å². The summed E-state index contributed by atoms with van der Waals surface area (Å²) < 4.78 is 0. The highest BCUT2D eigenvalue weighted by Crippen LogP contribution is 2.09. The van der Waals surface area contributed by atoms with Crippen molar-refractivity contribution in [2.75, 3.05) is 0 Å². The molecule has 0 fully saturated rings. The Morgan fingerprint density at radius 2 is 0.455 bits per heavy atom. The molecular weight excluding hydrogens is 445 g/mol. The van der Waals surface area contributed by atoms with Crippen LogP contribution in [0.2, 0.25) is 39.3 Å². The first-order chi connectivity index (χ1) is 15.6. The van der Waals surface area contributed by atoms with Crippen LogP contribution in [-0.4, -0.2) is 24.2 Å². The molecule has 0 aromatic heterocycles. The molecule has 168 valence electrons. The molecule has 0 atom stereocenters. The van der Waals surface area contributed by atoms with Gasteiger partial charge >= 0.3 is 0 Å². The molecule has 0 aliphatic carbocycles. The number of hydrogen-bond acceptors (Lipinski definition) is 0. The van der Waals surface area contributed by atoms with E-state index in [0.717, 1.165) is 0 Å². The minimum absolute atomic E-state index is 1.50. The van der Waals surface area contributed by atoms with Crippen molar-refractivity contribution in [1.29, 1.82) is 0 Å². The van der Waals surface area contributed by atoms with Gasteiger partial charge in [-0.3, -0.25) is 0 Å². The van der Waals surface area contributed by atoms with Gasteiger partial charge in [-0.2, -0.15) is 0 Å². The fraction of sp³-hybridized carbons (Fsp3) is 0.200. The summed E-state index contributed by atoms with van der Waals surface area (Å²) in [6, 6.07) is 41.3. The SMILES string of the molecule is C[Si](C)(c1ccccc1)c1ccc([Si](C)(C)c2ccc([Si](C)(C)c3ccccc3)cc2)cc1. The molecule has 0 amide bonds. The van der Waals surface area contributed by atoms with E-state index in [4.69, 9.17) is 0 Å². The molecular formula is C30H36Si3. The zero-order valence-electron chi connectivity index (χ0n) is 20.9. The highest BCUT2D eigenvalue weighted by molar-refractivity contribution is 7.02. The predicted molar refractivity (Wildman–Crippen MR) is 156 cm³/mol. The Hall–Kier alpha value is -2.47. The lowest BCUT2D eigenvalue weighted by Crippen LogP contribution is -2.57. The smallest absolute Gasteiger partial charge is 0.0627 e. The number of benzene rings is 4. The van der Waals surface area contributed by atoms with Gasteiger partial charge in [-0.1, -0.05) is 180 Å². The molecule has 0 aliphatic rings. The summed E-state index contributed by atoms with van der Waals surface area (Å²) in [6.07, 6.45) is 0. The van der Waals surface area contributed by atoms with Crippen LogP contribution in [0, 0.1) is 0 Å². The van der Waals surface area contributed by atoms with E-state index in [1.807, 2.05) is 0 Å². The van der Waals surface area contributed by atoms with E-state index in [9.17, 15) is 0 Å². The van der Waals surface area contributed by atoms with Crippen molar-refractivity contribution < 1.29 is 0 Å². The summed E-state index contributed by atoms with van der Waals surface area (Å²) in [5.41, 5.74) is 0. The van der Waals surface area contributed by atoms with Gasteiger partial charge in [0.15, 0.2) is 0 Å². The van der Waals surface area contributed by atoms with Crippen LogP contribution >= 0.6 is 0 Å². The van der Waals surface area contributed by atoms with E-state index in [2.05, 4.69) is 148 Å². The Balaban J connectivity index is 1.60. The van der Waals surface area contributed by atoms with Crippen LogP contribution in [0.4, 0.5) is 0 Å². The largest absolute Gasteiger partial charge is 0.112 e. The van der Waals surface area contributed by atoms with Crippen molar-refractivity contribution in [2.45, 2.75) is 39.3 Å². The molecule has 4 rings (SSSR count). The molecule has 4 aromatic rings. The van der Waals surface area contributed by atoms with Gasteiger partial charge in [0.1, 0.15) is 24.2 Å². The van der Waals surface area contributed by atoms with Crippen LogP contribution in [0.1, 0.15) is 0 Å². The molecule has 0 nitrogen and oxygen atoms in total. The normalized spacial score (nSPS) is 12.5. The Bertz CT molecular complexity index is 1090. The van der Waals surface area contributed by atoms with Crippen molar-refractivity contribution in [3.63, 3.8) is 0 Å². The van der Waals surface area contributed by atoms with Gasteiger partial charge in [0.2, 0.25) is 0 Å². The fourth-order valence-corrected chi connectivity index (χ4v) is 11.9. The number of hydrogen-bond donors (Lipinski definition) is 0. The Kier molecular flexibility index (Phi) is 6.50. The third-order valence-corrected chi connectivity index (χ3v) is 18.3. The van der Waals surface area contributed by atoms with Crippen LogP contribution in [0.15, 0.2) is 109 Å². The maximum absolute atomic E-state index is 2.48. The minimum Gasteiger partial charge on any atom is -0.0627 e. The first kappa shape index (κ1) is 23.7. The summed E-state index contributed by atoms with van der Waals surface area (Å²) in [7, 11) is -5.06. The lowest BCUT2D eigenvalue weighted by molar-refractivity contribution is 1.65. The molecule has 0 N–H and O–H groups in total. The van der Waals surface area contributed by atoms with Gasteiger partial charge in [0, 0.05) is 0 Å². The average molecular weight is 481 g/mol. The lowest BCUT2D eigenvalue weighted by atomic mass is 10.3. The standard InChI is InChI=1S/C30H36Si3/c1-31(2,25-13-9-7-10-14-25)27-17-21-29(22-18-27)33(5,6)30-23-19-28(20-24-30)32(3,4)26-15-11-8-12-16-26/h7-24H,1-6H3. The van der Waals surface area contributed by atoms with E-state index in [1.54, 1.807) is 0 Å². The molecule has 0 saturated heterocycles. The highest BCUT2D eigenvalue weighted by Gasteiger charge is 2.30. The topological polar surface area (TPSA) is 0 Å². The zero-order valence-corrected chi connectivity index (χ0v) is 23.9. The second-order valence-corrected chi connectivity index (χ2v) is 24.0. The van der Waals surface area contributed by atoms with Crippen molar-refractivity contribution >= 4 is 55.3 Å². The molecule has 33 heavy (non-hydrogen) atoms. The molecule has 0 aliphatic heterocycles. The Morgan fingerprint density at radius 3 is 0.667 bits per heavy atom. The van der Waals surface area contributed by atoms with E-state index >= 15 is 0 Å². The van der Waals surface area contributed by atoms with Crippen LogP contribution < -0.4 is 31.1 Å². The highest BCUT2D eigenvalue weighted by atomic mass is 28.3. The van der Waals surface area contributed by atoms with Crippen molar-refractivity contribution in [3.05, 3.63) is 109 Å². The predicted octanol–water partition coefficient (Wildman–Crippen LogP) is 4.15. The number of rotatable bonds is 6. The molecule has 0 unspecified atom stereocenters. The first-order valence-corrected chi connectivity index (χ1v) is 21.0. The van der Waals surface area contributed by atoms with E-state index < -0.39 is 24.2 Å². The van der Waals surface area contributed by atoms with E-state index in [0.29, 0.717) is 0 Å². The molecule has 0 saturated carbocycles. The van der Waals surface area contributed by atoms with Gasteiger partial charge in [-0.05, 0) is 0 Å². The summed E-state index contributed by atoms with van der Waals surface area (Å²) in [4.78, 5) is 0. The van der Waals surface area contributed by atoms with Crippen molar-refractivity contribution in [3.8, 4) is 0 Å². The third-order valence-electron chi connectivity index (χ3n) is 7.65. The third kappa shape index (κ3) is 4.63. The van der Waals surface area contributed by atoms with Crippen molar-refractivity contribution in [2.24, 2.45) is 0 Å². The van der Waals surface area contributed by atoms with Gasteiger partial charge in [0.05, 0.1) is 0 Å². The van der Waals surface area contributed by atoms with E-state index in [1.165, 1.54) is 31.1 Å². The van der Waals surface area contributed by atoms with Crippen LogP contribution in [0.25, 0.3) is 0 Å². The minimum atomic E-state index is -1.75. The quantitative estimate of drug-likeness (QED) is 0.364. The molecule has 0 spiro atoms. The summed E-state index contributed by atoms with van der Waals surface area (Å²) in [5.74, 6) is 0. The second kappa shape index (κ2) is 9.05. The van der Waals surface area contributed by atoms with Gasteiger partial charge in [-0.15, -0.1) is 0 Å². The van der Waals surface area contributed by atoms with Gasteiger partial charge in [0.25, 0.3) is 0 Å². The molecule has 0 radical (unpaired) electrons. The average Bonchev–Trinajstić information content (AvgIpc) is 2.85. The van der Waals surface area contributed by atoms with Gasteiger partial charge < -0.3 is 0 Å². The molecule has 3 heteroatoms. The maximum Gasteiger partial charge on any atom is 0.112 e. The maximum atomic E-state index is 2.48. The molecule has 0 heterocycles. The fourth-order valence-electron chi connectivity index (χ4n) is 4.82. The van der Waals surface area contributed by atoms with Crippen molar-refractivity contribution in [1.82, 2.24) is 0 Å². The van der Waals surface area contributed by atoms with Crippen LogP contribution in [0.3, 0.4) is 0 Å². The Morgan fingerprint density at radius 1 is 0.273 bits per heavy atom. The first-order valence-electron chi connectivity index (χ1n) is 12.0. The van der Waals surface area contributed by atoms with Crippen LogP contribution in [0.5, 0.6) is 0 Å².